The third-order valence-corrected chi connectivity index (χ3v) is 6.32. The Kier molecular flexibility index (Phi) is 5.54. The highest BCUT2D eigenvalue weighted by Crippen LogP contribution is 2.35. The van der Waals surface area contributed by atoms with Gasteiger partial charge in [-0.25, -0.2) is 9.67 Å². The summed E-state index contributed by atoms with van der Waals surface area (Å²) in [6, 6.07) is 28.1. The molecule has 0 aliphatic heterocycles. The Morgan fingerprint density at radius 3 is 2.42 bits per heavy atom. The van der Waals surface area contributed by atoms with Crippen LogP contribution in [0.4, 0.5) is 10.8 Å². The van der Waals surface area contributed by atoms with Crippen molar-refractivity contribution in [3.8, 4) is 11.3 Å². The van der Waals surface area contributed by atoms with Gasteiger partial charge in [0.25, 0.3) is 11.5 Å². The van der Waals surface area contributed by atoms with Crippen LogP contribution in [0.15, 0.2) is 95.8 Å². The number of amides is 1. The molecule has 5 aromatic rings. The van der Waals surface area contributed by atoms with E-state index in [-0.39, 0.29) is 18.0 Å². The molecule has 3 aromatic carbocycles. The minimum atomic E-state index is -0.336. The maximum Gasteiger partial charge on any atom is 0.267 e. The van der Waals surface area contributed by atoms with Gasteiger partial charge in [-0.15, -0.1) is 0 Å². The Bertz CT molecular complexity index is 1470. The van der Waals surface area contributed by atoms with Crippen LogP contribution in [0.1, 0.15) is 5.56 Å². The highest BCUT2D eigenvalue weighted by atomic mass is 32.1. The van der Waals surface area contributed by atoms with Gasteiger partial charge >= 0.3 is 0 Å². The SMILES string of the molecule is Cc1ccccc1N(C(=O)Cn1nc(-c2ccccc2)ccc1=O)c1nc2ccccc2s1. The molecule has 0 fully saturated rings. The Hall–Kier alpha value is -4.10. The summed E-state index contributed by atoms with van der Waals surface area (Å²) in [6.45, 7) is 1.74. The first-order chi connectivity index (χ1) is 16.1. The summed E-state index contributed by atoms with van der Waals surface area (Å²) in [7, 11) is 0. The molecule has 2 heterocycles. The number of para-hydroxylation sites is 2. The predicted octanol–water partition coefficient (Wildman–Crippen LogP) is 5.19. The molecule has 0 N–H and O–H groups in total. The minimum Gasteiger partial charge on any atom is -0.272 e. The maximum absolute atomic E-state index is 13.6. The molecular weight excluding hydrogens is 432 g/mol. The summed E-state index contributed by atoms with van der Waals surface area (Å²) < 4.78 is 2.20. The fourth-order valence-corrected chi connectivity index (χ4v) is 4.63. The van der Waals surface area contributed by atoms with Crippen molar-refractivity contribution < 1.29 is 4.79 Å². The van der Waals surface area contributed by atoms with Gasteiger partial charge in [0.2, 0.25) is 0 Å². The van der Waals surface area contributed by atoms with Crippen LogP contribution in [-0.2, 0) is 11.3 Å². The fraction of sp³-hybridized carbons (Fsp3) is 0.0769. The molecule has 7 heteroatoms. The van der Waals surface area contributed by atoms with Gasteiger partial charge in [-0.05, 0) is 36.8 Å². The molecule has 0 unspecified atom stereocenters. The Morgan fingerprint density at radius 2 is 1.64 bits per heavy atom. The zero-order chi connectivity index (χ0) is 22.8. The molecule has 2 aromatic heterocycles. The van der Waals surface area contributed by atoms with Crippen molar-refractivity contribution >= 4 is 38.3 Å². The van der Waals surface area contributed by atoms with E-state index in [1.54, 1.807) is 11.0 Å². The Morgan fingerprint density at radius 1 is 0.909 bits per heavy atom. The van der Waals surface area contributed by atoms with E-state index < -0.39 is 0 Å². The van der Waals surface area contributed by atoms with Crippen molar-refractivity contribution in [3.05, 3.63) is 107 Å². The molecule has 6 nitrogen and oxygen atoms in total. The van der Waals surface area contributed by atoms with Crippen LogP contribution in [0.5, 0.6) is 0 Å². The van der Waals surface area contributed by atoms with Crippen molar-refractivity contribution in [2.75, 3.05) is 4.90 Å². The predicted molar refractivity (Wildman–Crippen MR) is 132 cm³/mol. The lowest BCUT2D eigenvalue weighted by molar-refractivity contribution is -0.118. The molecule has 0 atom stereocenters. The second-order valence-electron chi connectivity index (χ2n) is 7.56. The molecule has 0 saturated heterocycles. The molecule has 0 aliphatic rings. The Balaban J connectivity index is 1.56. The van der Waals surface area contributed by atoms with Crippen LogP contribution in [-0.4, -0.2) is 20.7 Å². The fourth-order valence-electron chi connectivity index (χ4n) is 3.64. The van der Waals surface area contributed by atoms with Crippen molar-refractivity contribution in [2.24, 2.45) is 0 Å². The molecule has 1 amide bonds. The van der Waals surface area contributed by atoms with Gasteiger partial charge in [0.05, 0.1) is 21.6 Å². The number of hydrogen-bond acceptors (Lipinski definition) is 5. The summed E-state index contributed by atoms with van der Waals surface area (Å²) >= 11 is 1.44. The van der Waals surface area contributed by atoms with Crippen molar-refractivity contribution in [1.29, 1.82) is 0 Å². The number of hydrogen-bond donors (Lipinski definition) is 0. The van der Waals surface area contributed by atoms with E-state index in [0.717, 1.165) is 27.0 Å². The number of carbonyl (C=O) groups excluding carboxylic acids is 1. The summed E-state index contributed by atoms with van der Waals surface area (Å²) in [5.74, 6) is -0.289. The topological polar surface area (TPSA) is 68.1 Å². The van der Waals surface area contributed by atoms with E-state index >= 15 is 0 Å². The summed E-state index contributed by atoms with van der Waals surface area (Å²) in [6.07, 6.45) is 0. The number of rotatable bonds is 5. The lowest BCUT2D eigenvalue weighted by Gasteiger charge is -2.22. The van der Waals surface area contributed by atoms with Gasteiger partial charge in [0.15, 0.2) is 5.13 Å². The molecule has 162 valence electrons. The van der Waals surface area contributed by atoms with E-state index in [9.17, 15) is 9.59 Å². The third kappa shape index (κ3) is 4.18. The zero-order valence-electron chi connectivity index (χ0n) is 17.9. The summed E-state index contributed by atoms with van der Waals surface area (Å²) in [5.41, 5.74) is 3.66. The first kappa shape index (κ1) is 20.8. The first-order valence-electron chi connectivity index (χ1n) is 10.5. The number of aromatic nitrogens is 3. The summed E-state index contributed by atoms with van der Waals surface area (Å²) in [4.78, 5) is 32.5. The summed E-state index contributed by atoms with van der Waals surface area (Å²) in [5, 5.41) is 5.02. The molecule has 33 heavy (non-hydrogen) atoms. The number of benzene rings is 3. The standard InChI is InChI=1S/C26H20N4O2S/c1-18-9-5-7-13-22(18)30(26-27-21-12-6-8-14-23(21)33-26)25(32)17-29-24(31)16-15-20(28-29)19-10-3-2-4-11-19/h2-16H,17H2,1H3. The monoisotopic (exact) mass is 452 g/mol. The van der Waals surface area contributed by atoms with Gasteiger partial charge in [-0.3, -0.25) is 14.5 Å². The number of nitrogens with zero attached hydrogens (tertiary/aromatic N) is 4. The van der Waals surface area contributed by atoms with Crippen LogP contribution in [0.3, 0.4) is 0 Å². The minimum absolute atomic E-state index is 0.205. The molecule has 0 bridgehead atoms. The van der Waals surface area contributed by atoms with Crippen LogP contribution in [0.25, 0.3) is 21.5 Å². The van der Waals surface area contributed by atoms with E-state index in [1.165, 1.54) is 22.1 Å². The third-order valence-electron chi connectivity index (χ3n) is 5.30. The van der Waals surface area contributed by atoms with Crippen LogP contribution in [0, 0.1) is 6.92 Å². The average molecular weight is 453 g/mol. The zero-order valence-corrected chi connectivity index (χ0v) is 18.7. The second-order valence-corrected chi connectivity index (χ2v) is 8.57. The number of carbonyl (C=O) groups is 1. The molecule has 0 spiro atoms. The van der Waals surface area contributed by atoms with Crippen molar-refractivity contribution in [1.82, 2.24) is 14.8 Å². The average Bonchev–Trinajstić information content (AvgIpc) is 3.26. The van der Waals surface area contributed by atoms with Gasteiger partial charge in [-0.1, -0.05) is 72.0 Å². The number of anilines is 2. The van der Waals surface area contributed by atoms with E-state index in [2.05, 4.69) is 5.10 Å². The van der Waals surface area contributed by atoms with Crippen LogP contribution >= 0.6 is 11.3 Å². The highest BCUT2D eigenvalue weighted by molar-refractivity contribution is 7.22. The second kappa shape index (κ2) is 8.80. The highest BCUT2D eigenvalue weighted by Gasteiger charge is 2.24. The molecular formula is C26H20N4O2S. The van der Waals surface area contributed by atoms with E-state index in [1.807, 2.05) is 85.8 Å². The largest absolute Gasteiger partial charge is 0.272 e. The number of aryl methyl sites for hydroxylation is 1. The Labute approximate surface area is 194 Å². The van der Waals surface area contributed by atoms with Gasteiger partial charge < -0.3 is 0 Å². The van der Waals surface area contributed by atoms with Gasteiger partial charge in [0.1, 0.15) is 6.54 Å². The molecule has 0 saturated carbocycles. The lowest BCUT2D eigenvalue weighted by atomic mass is 10.1. The number of thiazole rings is 1. The van der Waals surface area contributed by atoms with Crippen molar-refractivity contribution in [2.45, 2.75) is 13.5 Å². The quantitative estimate of drug-likeness (QED) is 0.368. The molecule has 0 radical (unpaired) electrons. The lowest BCUT2D eigenvalue weighted by Crippen LogP contribution is -2.35. The number of fused-ring (bicyclic) bond motifs is 1. The van der Waals surface area contributed by atoms with Gasteiger partial charge in [-0.2, -0.15) is 5.10 Å². The normalized spacial score (nSPS) is 10.9. The van der Waals surface area contributed by atoms with Crippen LogP contribution < -0.4 is 10.5 Å². The van der Waals surface area contributed by atoms with E-state index in [4.69, 9.17) is 4.98 Å². The van der Waals surface area contributed by atoms with E-state index in [0.29, 0.717) is 10.8 Å². The van der Waals surface area contributed by atoms with Crippen molar-refractivity contribution in [3.63, 3.8) is 0 Å². The molecule has 5 rings (SSSR count). The first-order valence-corrected chi connectivity index (χ1v) is 11.3. The maximum atomic E-state index is 13.6. The van der Waals surface area contributed by atoms with Crippen LogP contribution in [0.2, 0.25) is 0 Å². The van der Waals surface area contributed by atoms with Gasteiger partial charge in [0, 0.05) is 11.6 Å². The molecule has 0 aliphatic carbocycles. The smallest absolute Gasteiger partial charge is 0.267 e.